The van der Waals surface area contributed by atoms with Crippen LogP contribution in [-0.4, -0.2) is 25.6 Å². The molecule has 11 heteroatoms. The molecule has 34 heavy (non-hydrogen) atoms. The van der Waals surface area contributed by atoms with Gasteiger partial charge in [0.15, 0.2) is 10.8 Å². The molecule has 0 aliphatic rings. The van der Waals surface area contributed by atoms with Crippen LogP contribution in [0.2, 0.25) is 5.02 Å². The number of aromatic nitrogens is 3. The Bertz CT molecular complexity index is 1480. The number of anilines is 1. The molecular formula is C23H18ClN5O4S. The number of thiazole rings is 1. The fourth-order valence-electron chi connectivity index (χ4n) is 3.36. The molecule has 1 amide bonds. The minimum atomic E-state index is -0.754. The molecule has 172 valence electrons. The number of carbonyl (C=O) groups excluding carboxylic acids is 1. The van der Waals surface area contributed by atoms with Gasteiger partial charge in [-0.15, -0.1) is 11.3 Å². The second kappa shape index (κ2) is 9.54. The summed E-state index contributed by atoms with van der Waals surface area (Å²) in [6.45, 7) is 3.40. The average Bonchev–Trinajstić information content (AvgIpc) is 3.13. The Hall–Kier alpha value is -3.89. The second-order valence-electron chi connectivity index (χ2n) is 7.41. The molecule has 4 rings (SSSR count). The van der Waals surface area contributed by atoms with Crippen molar-refractivity contribution in [2.75, 3.05) is 5.32 Å². The maximum absolute atomic E-state index is 12.9. The fourth-order valence-corrected chi connectivity index (χ4v) is 4.55. The lowest BCUT2D eigenvalue weighted by Gasteiger charge is -2.11. The summed E-state index contributed by atoms with van der Waals surface area (Å²) in [5, 5.41) is 19.1. The van der Waals surface area contributed by atoms with E-state index < -0.39 is 22.0 Å². The van der Waals surface area contributed by atoms with Crippen molar-refractivity contribution in [2.45, 2.75) is 20.3 Å². The minimum Gasteiger partial charge on any atom is -0.296 e. The standard InChI is InChI=1S/C23H18ClN5O4S/c1-13-11-19(30)21(27-28(13)17-9-5-6-10-18(17)29(32)33)22(31)26-23-25-14(2)20(34-23)12-15-7-3-4-8-16(15)24/h3-11H,12H2,1-2H3,(H,25,26,31). The third-order valence-corrected chi connectivity index (χ3v) is 6.49. The van der Waals surface area contributed by atoms with Crippen molar-refractivity contribution in [3.8, 4) is 5.69 Å². The van der Waals surface area contributed by atoms with E-state index in [9.17, 15) is 19.7 Å². The van der Waals surface area contributed by atoms with Crippen LogP contribution in [0.15, 0.2) is 59.4 Å². The first-order valence-corrected chi connectivity index (χ1v) is 11.3. The van der Waals surface area contributed by atoms with Gasteiger partial charge in [-0.25, -0.2) is 9.67 Å². The molecule has 9 nitrogen and oxygen atoms in total. The van der Waals surface area contributed by atoms with Gasteiger partial charge in [-0.3, -0.25) is 25.0 Å². The van der Waals surface area contributed by atoms with Crippen LogP contribution in [0.3, 0.4) is 0 Å². The van der Waals surface area contributed by atoms with Crippen LogP contribution in [0.4, 0.5) is 10.8 Å². The van der Waals surface area contributed by atoms with Gasteiger partial charge in [0.25, 0.3) is 11.6 Å². The number of aryl methyl sites for hydroxylation is 2. The zero-order valence-corrected chi connectivity index (χ0v) is 19.7. The molecule has 2 aromatic carbocycles. The number of hydrogen-bond donors (Lipinski definition) is 1. The Balaban J connectivity index is 1.64. The van der Waals surface area contributed by atoms with Gasteiger partial charge in [0.2, 0.25) is 5.43 Å². The van der Waals surface area contributed by atoms with E-state index in [-0.39, 0.29) is 11.4 Å². The first kappa shape index (κ1) is 23.3. The Morgan fingerprint density at radius 1 is 1.18 bits per heavy atom. The molecule has 0 aliphatic heterocycles. The van der Waals surface area contributed by atoms with E-state index in [0.29, 0.717) is 22.3 Å². The van der Waals surface area contributed by atoms with E-state index in [2.05, 4.69) is 15.4 Å². The highest BCUT2D eigenvalue weighted by Crippen LogP contribution is 2.28. The van der Waals surface area contributed by atoms with Crippen molar-refractivity contribution >= 4 is 39.7 Å². The lowest BCUT2D eigenvalue weighted by atomic mass is 10.1. The number of hydrogen-bond acceptors (Lipinski definition) is 7. The summed E-state index contributed by atoms with van der Waals surface area (Å²) in [5.41, 5.74) is 0.955. The molecule has 2 heterocycles. The predicted octanol–water partition coefficient (Wildman–Crippen LogP) is 4.71. The quantitative estimate of drug-likeness (QED) is 0.305. The number of para-hydroxylation sites is 2. The molecular weight excluding hydrogens is 478 g/mol. The number of carbonyl (C=O) groups is 1. The summed E-state index contributed by atoms with van der Waals surface area (Å²) in [5.74, 6) is -0.754. The molecule has 0 atom stereocenters. The van der Waals surface area contributed by atoms with Crippen molar-refractivity contribution in [3.05, 3.63) is 107 Å². The summed E-state index contributed by atoms with van der Waals surface area (Å²) < 4.78 is 1.21. The number of rotatable bonds is 6. The van der Waals surface area contributed by atoms with Crippen LogP contribution >= 0.6 is 22.9 Å². The number of nitrogens with zero attached hydrogens (tertiary/aromatic N) is 4. The van der Waals surface area contributed by atoms with Gasteiger partial charge in [0.1, 0.15) is 5.69 Å². The molecule has 4 aromatic rings. The van der Waals surface area contributed by atoms with Crippen LogP contribution in [0.25, 0.3) is 5.69 Å². The highest BCUT2D eigenvalue weighted by atomic mass is 35.5. The van der Waals surface area contributed by atoms with Crippen molar-refractivity contribution in [2.24, 2.45) is 0 Å². The van der Waals surface area contributed by atoms with Gasteiger partial charge in [0, 0.05) is 34.1 Å². The summed E-state index contributed by atoms with van der Waals surface area (Å²) >= 11 is 7.53. The van der Waals surface area contributed by atoms with Crippen molar-refractivity contribution in [1.82, 2.24) is 14.8 Å². The van der Waals surface area contributed by atoms with Crippen LogP contribution in [0, 0.1) is 24.0 Å². The molecule has 1 N–H and O–H groups in total. The molecule has 0 saturated heterocycles. The zero-order valence-electron chi connectivity index (χ0n) is 18.1. The van der Waals surface area contributed by atoms with E-state index in [1.165, 1.54) is 40.3 Å². The number of nitro benzene ring substituents is 1. The van der Waals surface area contributed by atoms with Gasteiger partial charge in [-0.05, 0) is 31.5 Å². The monoisotopic (exact) mass is 495 g/mol. The van der Waals surface area contributed by atoms with Crippen molar-refractivity contribution in [1.29, 1.82) is 0 Å². The smallest absolute Gasteiger partial charge is 0.294 e. The lowest BCUT2D eigenvalue weighted by Crippen LogP contribution is -2.27. The molecule has 0 unspecified atom stereocenters. The number of halogens is 1. The Kier molecular flexibility index (Phi) is 6.53. The Morgan fingerprint density at radius 2 is 1.88 bits per heavy atom. The largest absolute Gasteiger partial charge is 0.296 e. The van der Waals surface area contributed by atoms with E-state index in [4.69, 9.17) is 11.6 Å². The normalized spacial score (nSPS) is 10.8. The van der Waals surface area contributed by atoms with Crippen LogP contribution < -0.4 is 10.7 Å². The van der Waals surface area contributed by atoms with E-state index in [0.717, 1.165) is 16.1 Å². The first-order valence-electron chi connectivity index (χ1n) is 10.1. The minimum absolute atomic E-state index is 0.145. The van der Waals surface area contributed by atoms with Gasteiger partial charge in [-0.2, -0.15) is 5.10 Å². The molecule has 0 spiro atoms. The molecule has 0 radical (unpaired) electrons. The van der Waals surface area contributed by atoms with Crippen molar-refractivity contribution in [3.63, 3.8) is 0 Å². The third-order valence-electron chi connectivity index (χ3n) is 5.05. The summed E-state index contributed by atoms with van der Waals surface area (Å²) in [4.78, 5) is 41.6. The highest BCUT2D eigenvalue weighted by molar-refractivity contribution is 7.15. The van der Waals surface area contributed by atoms with Crippen molar-refractivity contribution < 1.29 is 9.72 Å². The van der Waals surface area contributed by atoms with Gasteiger partial charge in [0.05, 0.1) is 10.6 Å². The topological polar surface area (TPSA) is 120 Å². The predicted molar refractivity (Wildman–Crippen MR) is 130 cm³/mol. The van der Waals surface area contributed by atoms with Gasteiger partial charge >= 0.3 is 0 Å². The first-order chi connectivity index (χ1) is 16.2. The maximum Gasteiger partial charge on any atom is 0.294 e. The Labute approximate surface area is 202 Å². The van der Waals surface area contributed by atoms with E-state index in [1.807, 2.05) is 25.1 Å². The van der Waals surface area contributed by atoms with Gasteiger partial charge in [-0.1, -0.05) is 41.9 Å². The second-order valence-corrected chi connectivity index (χ2v) is 8.90. The average molecular weight is 496 g/mol. The SMILES string of the molecule is Cc1nc(NC(=O)c2nn(-c3ccccc3[N+](=O)[O-])c(C)cc2=O)sc1Cc1ccccc1Cl. The van der Waals surface area contributed by atoms with Gasteiger partial charge < -0.3 is 0 Å². The Morgan fingerprint density at radius 3 is 2.62 bits per heavy atom. The summed E-state index contributed by atoms with van der Waals surface area (Å²) in [6.07, 6.45) is 0.548. The molecule has 0 bridgehead atoms. The number of amides is 1. The van der Waals surface area contributed by atoms with E-state index >= 15 is 0 Å². The summed E-state index contributed by atoms with van der Waals surface area (Å²) in [6, 6.07) is 14.6. The molecule has 2 aromatic heterocycles. The van der Waals surface area contributed by atoms with Crippen LogP contribution in [-0.2, 0) is 6.42 Å². The van der Waals surface area contributed by atoms with E-state index in [1.54, 1.807) is 19.1 Å². The zero-order chi connectivity index (χ0) is 24.4. The third kappa shape index (κ3) is 4.73. The molecule has 0 saturated carbocycles. The maximum atomic E-state index is 12.9. The number of nitro groups is 1. The number of nitrogens with one attached hydrogen (secondary N) is 1. The lowest BCUT2D eigenvalue weighted by molar-refractivity contribution is -0.384. The van der Waals surface area contributed by atoms with Crippen LogP contribution in [0.5, 0.6) is 0 Å². The molecule has 0 fully saturated rings. The molecule has 0 aliphatic carbocycles. The summed E-state index contributed by atoms with van der Waals surface area (Å²) in [7, 11) is 0. The highest BCUT2D eigenvalue weighted by Gasteiger charge is 2.21. The van der Waals surface area contributed by atoms with Crippen LogP contribution in [0.1, 0.15) is 32.3 Å². The fraction of sp³-hybridized carbons (Fsp3) is 0.130. The number of benzene rings is 2.